The molecule has 0 aliphatic heterocycles. The standard InChI is InChI=1S/C17H15N3O4S2/c1-24-13-7-5-6-12(10-13)18-16(21)15-11-25-17(19-15)20-26(22,23)14-8-3-2-4-9-14/h2-11H,1H3,(H,18,21)(H,19,20). The Morgan fingerprint density at radius 3 is 2.62 bits per heavy atom. The Balaban J connectivity index is 1.72. The van der Waals surface area contributed by atoms with Crippen molar-refractivity contribution >= 4 is 38.1 Å². The molecule has 0 aliphatic carbocycles. The Kier molecular flexibility index (Phi) is 5.19. The van der Waals surface area contributed by atoms with Crippen LogP contribution in [-0.4, -0.2) is 26.4 Å². The molecule has 0 radical (unpaired) electrons. The van der Waals surface area contributed by atoms with Gasteiger partial charge in [0.15, 0.2) is 5.13 Å². The molecule has 0 spiro atoms. The first-order valence-electron chi connectivity index (χ1n) is 7.47. The van der Waals surface area contributed by atoms with E-state index in [4.69, 9.17) is 4.74 Å². The van der Waals surface area contributed by atoms with Crippen molar-refractivity contribution in [1.29, 1.82) is 0 Å². The van der Waals surface area contributed by atoms with Gasteiger partial charge in [0, 0.05) is 17.1 Å². The van der Waals surface area contributed by atoms with Crippen LogP contribution in [0.2, 0.25) is 0 Å². The Bertz CT molecular complexity index is 1020. The summed E-state index contributed by atoms with van der Waals surface area (Å²) in [5, 5.41) is 4.29. The Morgan fingerprint density at radius 2 is 1.88 bits per heavy atom. The number of methoxy groups -OCH3 is 1. The minimum Gasteiger partial charge on any atom is -0.497 e. The van der Waals surface area contributed by atoms with E-state index < -0.39 is 15.9 Å². The first kappa shape index (κ1) is 17.9. The number of aromatic nitrogens is 1. The van der Waals surface area contributed by atoms with Crippen molar-refractivity contribution in [2.75, 3.05) is 17.1 Å². The van der Waals surface area contributed by atoms with Crippen LogP contribution in [0.5, 0.6) is 5.75 Å². The second kappa shape index (κ2) is 7.54. The van der Waals surface area contributed by atoms with E-state index >= 15 is 0 Å². The van der Waals surface area contributed by atoms with E-state index in [0.717, 1.165) is 11.3 Å². The topological polar surface area (TPSA) is 97.4 Å². The number of sulfonamides is 1. The molecule has 2 N–H and O–H groups in total. The highest BCUT2D eigenvalue weighted by Gasteiger charge is 2.17. The third kappa shape index (κ3) is 4.19. The largest absolute Gasteiger partial charge is 0.497 e. The zero-order chi connectivity index (χ0) is 18.6. The van der Waals surface area contributed by atoms with Crippen molar-refractivity contribution < 1.29 is 17.9 Å². The van der Waals surface area contributed by atoms with Crippen LogP contribution in [-0.2, 0) is 10.0 Å². The lowest BCUT2D eigenvalue weighted by molar-refractivity contribution is 0.102. The molecule has 134 valence electrons. The number of hydrogen-bond acceptors (Lipinski definition) is 6. The molecule has 0 saturated carbocycles. The quantitative estimate of drug-likeness (QED) is 0.675. The fraction of sp³-hybridized carbons (Fsp3) is 0.0588. The molecule has 0 bridgehead atoms. The second-order valence-corrected chi connectivity index (χ2v) is 7.68. The average molecular weight is 389 g/mol. The lowest BCUT2D eigenvalue weighted by Crippen LogP contribution is -2.14. The van der Waals surface area contributed by atoms with Gasteiger partial charge in [-0.15, -0.1) is 11.3 Å². The van der Waals surface area contributed by atoms with Gasteiger partial charge in [-0.2, -0.15) is 0 Å². The summed E-state index contributed by atoms with van der Waals surface area (Å²) in [4.78, 5) is 16.4. The molecule has 2 aromatic carbocycles. The Labute approximate surface area is 154 Å². The van der Waals surface area contributed by atoms with Gasteiger partial charge < -0.3 is 10.1 Å². The zero-order valence-electron chi connectivity index (χ0n) is 13.7. The van der Waals surface area contributed by atoms with Gasteiger partial charge in [-0.05, 0) is 24.3 Å². The van der Waals surface area contributed by atoms with Crippen LogP contribution in [0.25, 0.3) is 0 Å². The number of anilines is 2. The van der Waals surface area contributed by atoms with Crippen molar-refractivity contribution in [2.45, 2.75) is 4.90 Å². The van der Waals surface area contributed by atoms with Gasteiger partial charge in [0.25, 0.3) is 15.9 Å². The van der Waals surface area contributed by atoms with Crippen LogP contribution < -0.4 is 14.8 Å². The van der Waals surface area contributed by atoms with Crippen molar-refractivity contribution in [3.63, 3.8) is 0 Å². The van der Waals surface area contributed by atoms with E-state index in [1.807, 2.05) is 0 Å². The summed E-state index contributed by atoms with van der Waals surface area (Å²) in [6, 6.07) is 14.8. The first-order valence-corrected chi connectivity index (χ1v) is 9.83. The summed E-state index contributed by atoms with van der Waals surface area (Å²) in [6.45, 7) is 0. The predicted molar refractivity (Wildman–Crippen MR) is 100 cm³/mol. The molecule has 7 nitrogen and oxygen atoms in total. The number of carbonyl (C=O) groups excluding carboxylic acids is 1. The van der Waals surface area contributed by atoms with Crippen molar-refractivity contribution in [3.8, 4) is 5.75 Å². The molecule has 0 fully saturated rings. The monoisotopic (exact) mass is 389 g/mol. The summed E-state index contributed by atoms with van der Waals surface area (Å²) in [5.41, 5.74) is 0.664. The van der Waals surface area contributed by atoms with Crippen molar-refractivity contribution in [2.24, 2.45) is 0 Å². The lowest BCUT2D eigenvalue weighted by Gasteiger charge is -2.06. The minimum absolute atomic E-state index is 0.114. The summed E-state index contributed by atoms with van der Waals surface area (Å²) in [6.07, 6.45) is 0. The van der Waals surface area contributed by atoms with E-state index in [2.05, 4.69) is 15.0 Å². The molecule has 26 heavy (non-hydrogen) atoms. The highest BCUT2D eigenvalue weighted by Crippen LogP contribution is 2.22. The lowest BCUT2D eigenvalue weighted by atomic mass is 10.3. The highest BCUT2D eigenvalue weighted by molar-refractivity contribution is 7.93. The van der Waals surface area contributed by atoms with Gasteiger partial charge in [-0.1, -0.05) is 24.3 Å². The minimum atomic E-state index is -3.74. The van der Waals surface area contributed by atoms with Crippen LogP contribution in [0.1, 0.15) is 10.5 Å². The first-order chi connectivity index (χ1) is 12.5. The molecule has 3 rings (SSSR count). The molecule has 9 heteroatoms. The number of amides is 1. The SMILES string of the molecule is COc1cccc(NC(=O)c2csc(NS(=O)(=O)c3ccccc3)n2)c1. The van der Waals surface area contributed by atoms with Gasteiger partial charge in [0.05, 0.1) is 12.0 Å². The van der Waals surface area contributed by atoms with E-state index in [9.17, 15) is 13.2 Å². The smallest absolute Gasteiger partial charge is 0.275 e. The molecule has 0 atom stereocenters. The average Bonchev–Trinajstić information content (AvgIpc) is 3.10. The van der Waals surface area contributed by atoms with Crippen LogP contribution in [0.4, 0.5) is 10.8 Å². The summed E-state index contributed by atoms with van der Waals surface area (Å²) < 4.78 is 32.0. The fourth-order valence-electron chi connectivity index (χ4n) is 2.09. The van der Waals surface area contributed by atoms with E-state index in [1.165, 1.54) is 24.6 Å². The van der Waals surface area contributed by atoms with Crippen LogP contribution in [0, 0.1) is 0 Å². The second-order valence-electron chi connectivity index (χ2n) is 5.14. The maximum absolute atomic E-state index is 12.3. The van der Waals surface area contributed by atoms with E-state index in [-0.39, 0.29) is 15.7 Å². The number of ether oxygens (including phenoxy) is 1. The van der Waals surface area contributed by atoms with Crippen molar-refractivity contribution in [3.05, 3.63) is 65.7 Å². The number of hydrogen-bond donors (Lipinski definition) is 2. The predicted octanol–water partition coefficient (Wildman–Crippen LogP) is 3.20. The molecule has 3 aromatic rings. The molecule has 0 aliphatic rings. The summed E-state index contributed by atoms with van der Waals surface area (Å²) in [5.74, 6) is 0.164. The summed E-state index contributed by atoms with van der Waals surface area (Å²) in [7, 11) is -2.21. The number of carbonyl (C=O) groups is 1. The molecule has 1 heterocycles. The normalized spacial score (nSPS) is 11.0. The van der Waals surface area contributed by atoms with Gasteiger partial charge in [0.1, 0.15) is 11.4 Å². The molecule has 0 unspecified atom stereocenters. The summed E-state index contributed by atoms with van der Waals surface area (Å²) >= 11 is 1.03. The Morgan fingerprint density at radius 1 is 1.12 bits per heavy atom. The van der Waals surface area contributed by atoms with Crippen LogP contribution in [0.15, 0.2) is 64.9 Å². The molecule has 1 aromatic heterocycles. The maximum atomic E-state index is 12.3. The van der Waals surface area contributed by atoms with Crippen LogP contribution in [0.3, 0.4) is 0 Å². The number of thiazole rings is 1. The Hall–Kier alpha value is -2.91. The highest BCUT2D eigenvalue weighted by atomic mass is 32.2. The number of nitrogens with one attached hydrogen (secondary N) is 2. The van der Waals surface area contributed by atoms with E-state index in [1.54, 1.807) is 42.5 Å². The van der Waals surface area contributed by atoms with Gasteiger partial charge >= 0.3 is 0 Å². The molecule has 0 saturated heterocycles. The number of benzene rings is 2. The maximum Gasteiger partial charge on any atom is 0.275 e. The van der Waals surface area contributed by atoms with Crippen LogP contribution >= 0.6 is 11.3 Å². The van der Waals surface area contributed by atoms with Gasteiger partial charge in [-0.25, -0.2) is 13.4 Å². The third-order valence-corrected chi connectivity index (χ3v) is 5.58. The molecule has 1 amide bonds. The van der Waals surface area contributed by atoms with E-state index in [0.29, 0.717) is 11.4 Å². The number of nitrogens with zero attached hydrogens (tertiary/aromatic N) is 1. The third-order valence-electron chi connectivity index (χ3n) is 3.34. The zero-order valence-corrected chi connectivity index (χ0v) is 15.3. The molecular weight excluding hydrogens is 374 g/mol. The van der Waals surface area contributed by atoms with Gasteiger partial charge in [-0.3, -0.25) is 9.52 Å². The van der Waals surface area contributed by atoms with Crippen molar-refractivity contribution in [1.82, 2.24) is 4.98 Å². The molecular formula is C17H15N3O4S2. The van der Waals surface area contributed by atoms with Gasteiger partial charge in [0.2, 0.25) is 0 Å². The fourth-order valence-corrected chi connectivity index (χ4v) is 4.06. The number of rotatable bonds is 6.